The van der Waals surface area contributed by atoms with Crippen molar-refractivity contribution in [2.75, 3.05) is 45.9 Å². The topological polar surface area (TPSA) is 53.1 Å². The van der Waals surface area contributed by atoms with Crippen LogP contribution in [-0.4, -0.2) is 72.6 Å². The largest absolute Gasteiger partial charge is 0.378 e. The summed E-state index contributed by atoms with van der Waals surface area (Å²) in [5.74, 6) is 0.0421. The summed E-state index contributed by atoms with van der Waals surface area (Å²) in [5.41, 5.74) is 2.38. The fraction of sp³-hybridized carbons (Fsp3) is 0.579. The fourth-order valence-corrected chi connectivity index (χ4v) is 4.28. The molecule has 3 heterocycles. The van der Waals surface area contributed by atoms with Crippen molar-refractivity contribution >= 4 is 11.9 Å². The van der Waals surface area contributed by atoms with E-state index in [2.05, 4.69) is 32.0 Å². The molecule has 1 aromatic carbocycles. The van der Waals surface area contributed by atoms with E-state index in [-0.39, 0.29) is 29.9 Å². The maximum Gasteiger partial charge on any atom is 0.320 e. The van der Waals surface area contributed by atoms with Gasteiger partial charge in [-0.2, -0.15) is 0 Å². The number of hydrogen-bond acceptors (Lipinski definition) is 3. The highest BCUT2D eigenvalue weighted by atomic mass is 16.5. The third kappa shape index (κ3) is 2.78. The van der Waals surface area contributed by atoms with Crippen molar-refractivity contribution in [1.29, 1.82) is 0 Å². The van der Waals surface area contributed by atoms with Crippen LogP contribution in [-0.2, 0) is 14.9 Å². The number of nitrogens with zero attached hydrogens (tertiary/aromatic N) is 3. The first-order chi connectivity index (χ1) is 12.0. The zero-order chi connectivity index (χ0) is 17.6. The molecule has 0 aromatic heterocycles. The van der Waals surface area contributed by atoms with E-state index < -0.39 is 0 Å². The first-order valence-electron chi connectivity index (χ1n) is 8.98. The van der Waals surface area contributed by atoms with Crippen LogP contribution < -0.4 is 0 Å². The summed E-state index contributed by atoms with van der Waals surface area (Å²) in [6.45, 7) is 8.14. The fourth-order valence-electron chi connectivity index (χ4n) is 4.28. The van der Waals surface area contributed by atoms with E-state index >= 15 is 0 Å². The lowest BCUT2D eigenvalue weighted by molar-refractivity contribution is -0.141. The van der Waals surface area contributed by atoms with E-state index in [1.807, 2.05) is 11.0 Å². The van der Waals surface area contributed by atoms with E-state index in [1.54, 1.807) is 9.80 Å². The molecule has 3 amide bonds. The first kappa shape index (κ1) is 16.4. The Kier molecular flexibility index (Phi) is 3.95. The van der Waals surface area contributed by atoms with Crippen molar-refractivity contribution < 1.29 is 14.3 Å². The summed E-state index contributed by atoms with van der Waals surface area (Å²) in [5, 5.41) is 0. The SMILES string of the molecule is CC1(C)CN2C(=O)CN(C(=O)N3CCOCC3)CC2c2ccccc21. The quantitative estimate of drug-likeness (QED) is 0.719. The van der Waals surface area contributed by atoms with E-state index in [0.29, 0.717) is 39.4 Å². The maximum atomic E-state index is 12.8. The smallest absolute Gasteiger partial charge is 0.320 e. The van der Waals surface area contributed by atoms with Crippen LogP contribution in [0, 0.1) is 0 Å². The summed E-state index contributed by atoms with van der Waals surface area (Å²) >= 11 is 0. The minimum atomic E-state index is -0.0703. The number of morpholine rings is 1. The van der Waals surface area contributed by atoms with Gasteiger partial charge in [0.2, 0.25) is 5.91 Å². The number of carbonyl (C=O) groups excluding carboxylic acids is 2. The maximum absolute atomic E-state index is 12.8. The van der Waals surface area contributed by atoms with Crippen LogP contribution in [0.25, 0.3) is 0 Å². The van der Waals surface area contributed by atoms with Gasteiger partial charge >= 0.3 is 6.03 Å². The number of fused-ring (bicyclic) bond motifs is 3. The number of carbonyl (C=O) groups is 2. The molecule has 6 nitrogen and oxygen atoms in total. The molecular weight excluding hydrogens is 318 g/mol. The van der Waals surface area contributed by atoms with Gasteiger partial charge in [-0.3, -0.25) is 4.79 Å². The van der Waals surface area contributed by atoms with Gasteiger partial charge in [-0.25, -0.2) is 4.79 Å². The Morgan fingerprint density at radius 3 is 2.64 bits per heavy atom. The average Bonchev–Trinajstić information content (AvgIpc) is 2.63. The van der Waals surface area contributed by atoms with Gasteiger partial charge in [-0.15, -0.1) is 0 Å². The van der Waals surface area contributed by atoms with Gasteiger partial charge < -0.3 is 19.4 Å². The Hall–Kier alpha value is -2.08. The molecule has 1 aromatic rings. The van der Waals surface area contributed by atoms with Gasteiger partial charge in [-0.05, 0) is 11.1 Å². The van der Waals surface area contributed by atoms with Gasteiger partial charge in [0.05, 0.1) is 19.3 Å². The second-order valence-electron chi connectivity index (χ2n) is 7.77. The molecule has 3 aliphatic heterocycles. The molecule has 0 radical (unpaired) electrons. The number of ether oxygens (including phenoxy) is 1. The Bertz CT molecular complexity index is 697. The lowest BCUT2D eigenvalue weighted by Gasteiger charge is -2.50. The van der Waals surface area contributed by atoms with Crippen LogP contribution >= 0.6 is 0 Å². The number of piperazine rings is 1. The summed E-state index contributed by atoms with van der Waals surface area (Å²) in [4.78, 5) is 31.1. The third-order valence-corrected chi connectivity index (χ3v) is 5.58. The molecule has 2 fully saturated rings. The predicted octanol–water partition coefficient (Wildman–Crippen LogP) is 1.62. The molecule has 1 unspecified atom stereocenters. The lowest BCUT2D eigenvalue weighted by atomic mass is 9.75. The molecule has 3 aliphatic rings. The highest BCUT2D eigenvalue weighted by Gasteiger charge is 2.44. The second-order valence-corrected chi connectivity index (χ2v) is 7.77. The Morgan fingerprint density at radius 1 is 1.16 bits per heavy atom. The van der Waals surface area contributed by atoms with E-state index in [4.69, 9.17) is 4.74 Å². The van der Waals surface area contributed by atoms with Gasteiger partial charge in [0.1, 0.15) is 6.54 Å². The van der Waals surface area contributed by atoms with Crippen molar-refractivity contribution in [3.63, 3.8) is 0 Å². The average molecular weight is 343 g/mol. The minimum Gasteiger partial charge on any atom is -0.378 e. The van der Waals surface area contributed by atoms with Crippen molar-refractivity contribution in [3.8, 4) is 0 Å². The summed E-state index contributed by atoms with van der Waals surface area (Å²) in [6, 6.07) is 8.24. The summed E-state index contributed by atoms with van der Waals surface area (Å²) < 4.78 is 5.33. The van der Waals surface area contributed by atoms with Crippen LogP contribution in [0.2, 0.25) is 0 Å². The number of hydrogen-bond donors (Lipinski definition) is 0. The molecule has 134 valence electrons. The molecule has 0 aliphatic carbocycles. The number of amides is 3. The molecule has 0 saturated carbocycles. The molecule has 0 spiro atoms. The molecule has 6 heteroatoms. The monoisotopic (exact) mass is 343 g/mol. The molecule has 0 N–H and O–H groups in total. The van der Waals surface area contributed by atoms with Crippen molar-refractivity contribution in [2.45, 2.75) is 25.3 Å². The molecule has 1 atom stereocenters. The normalized spacial score (nSPS) is 25.4. The number of rotatable bonds is 0. The molecular formula is C19H25N3O3. The Morgan fingerprint density at radius 2 is 1.88 bits per heavy atom. The Balaban J connectivity index is 1.62. The molecule has 25 heavy (non-hydrogen) atoms. The van der Waals surface area contributed by atoms with Gasteiger partial charge in [-0.1, -0.05) is 38.1 Å². The van der Waals surface area contributed by atoms with Gasteiger partial charge in [0.25, 0.3) is 0 Å². The van der Waals surface area contributed by atoms with E-state index in [9.17, 15) is 9.59 Å². The summed E-state index contributed by atoms with van der Waals surface area (Å²) in [7, 11) is 0. The van der Waals surface area contributed by atoms with Gasteiger partial charge in [0.15, 0.2) is 0 Å². The number of benzene rings is 1. The second kappa shape index (κ2) is 6.02. The third-order valence-electron chi connectivity index (χ3n) is 5.58. The van der Waals surface area contributed by atoms with Crippen molar-refractivity contribution in [3.05, 3.63) is 35.4 Å². The van der Waals surface area contributed by atoms with Gasteiger partial charge in [0, 0.05) is 31.6 Å². The predicted molar refractivity (Wildman–Crippen MR) is 93.3 cm³/mol. The Labute approximate surface area is 148 Å². The summed E-state index contributed by atoms with van der Waals surface area (Å²) in [6.07, 6.45) is 0. The highest BCUT2D eigenvalue weighted by molar-refractivity contribution is 5.86. The first-order valence-corrected chi connectivity index (χ1v) is 8.98. The number of urea groups is 1. The standard InChI is InChI=1S/C19H25N3O3/c1-19(2)13-22-16(14-5-3-4-6-15(14)19)11-21(12-17(22)23)18(24)20-7-9-25-10-8-20/h3-6,16H,7-13H2,1-2H3. The highest BCUT2D eigenvalue weighted by Crippen LogP contribution is 2.41. The van der Waals surface area contributed by atoms with Crippen molar-refractivity contribution in [2.24, 2.45) is 0 Å². The zero-order valence-corrected chi connectivity index (χ0v) is 14.9. The van der Waals surface area contributed by atoms with Crippen LogP contribution in [0.4, 0.5) is 4.79 Å². The zero-order valence-electron chi connectivity index (χ0n) is 14.9. The van der Waals surface area contributed by atoms with E-state index in [1.165, 1.54) is 11.1 Å². The lowest BCUT2D eigenvalue weighted by Crippen LogP contribution is -2.61. The van der Waals surface area contributed by atoms with Crippen molar-refractivity contribution in [1.82, 2.24) is 14.7 Å². The molecule has 0 bridgehead atoms. The van der Waals surface area contributed by atoms with Crippen LogP contribution in [0.15, 0.2) is 24.3 Å². The minimum absolute atomic E-state index is 0.0421. The van der Waals surface area contributed by atoms with Crippen LogP contribution in [0.5, 0.6) is 0 Å². The van der Waals surface area contributed by atoms with Crippen LogP contribution in [0.3, 0.4) is 0 Å². The molecule has 4 rings (SSSR count). The van der Waals surface area contributed by atoms with Crippen LogP contribution in [0.1, 0.15) is 31.0 Å². The van der Waals surface area contributed by atoms with E-state index in [0.717, 1.165) is 0 Å². The molecule has 2 saturated heterocycles.